The molecule has 0 aromatic heterocycles. The number of carboxylic acids is 2. The molecule has 4 aliphatic rings. The van der Waals surface area contributed by atoms with Crippen LogP contribution in [0.2, 0.25) is 0 Å². The van der Waals surface area contributed by atoms with Gasteiger partial charge >= 0.3 is 11.9 Å². The Balaban J connectivity index is 1.55. The third kappa shape index (κ3) is 3.29. The van der Waals surface area contributed by atoms with Gasteiger partial charge in [0.25, 0.3) is 0 Å². The van der Waals surface area contributed by atoms with Crippen LogP contribution >= 0.6 is 0 Å². The molecule has 8 atom stereocenters. The molecule has 2 N–H and O–H groups in total. The number of carbonyl (C=O) groups is 3. The molecule has 2 bridgehead atoms. The van der Waals surface area contributed by atoms with Gasteiger partial charge in [0, 0.05) is 12.3 Å². The van der Waals surface area contributed by atoms with Crippen LogP contribution in [0.5, 0.6) is 0 Å². The molecule has 0 aromatic rings. The quantitative estimate of drug-likeness (QED) is 0.600. The molecule has 0 spiro atoms. The second kappa shape index (κ2) is 7.79. The number of carboxylic acid groups (broad SMARTS) is 2. The molecule has 0 radical (unpaired) electrons. The Morgan fingerprint density at radius 2 is 1.71 bits per heavy atom. The van der Waals surface area contributed by atoms with Gasteiger partial charge in [-0.2, -0.15) is 0 Å². The number of hydrogen-bond acceptors (Lipinski definition) is 3. The highest BCUT2D eigenvalue weighted by Gasteiger charge is 2.66. The molecule has 4 fully saturated rings. The molecular weight excluding hydrogens is 356 g/mol. The van der Waals surface area contributed by atoms with Crippen LogP contribution in [-0.4, -0.2) is 28.4 Å². The summed E-state index contributed by atoms with van der Waals surface area (Å²) in [5, 5.41) is 18.8. The monoisotopic (exact) mass is 390 g/mol. The van der Waals surface area contributed by atoms with E-state index in [1.54, 1.807) is 0 Å². The molecule has 0 aromatic carbocycles. The van der Waals surface area contributed by atoms with Gasteiger partial charge in [-0.05, 0) is 80.0 Å². The third-order valence-electron chi connectivity index (χ3n) is 9.08. The van der Waals surface area contributed by atoms with Crippen molar-refractivity contribution in [3.63, 3.8) is 0 Å². The molecule has 28 heavy (non-hydrogen) atoms. The van der Waals surface area contributed by atoms with Crippen LogP contribution < -0.4 is 0 Å². The van der Waals surface area contributed by atoms with E-state index in [1.807, 2.05) is 0 Å². The van der Waals surface area contributed by atoms with Crippen LogP contribution in [0.25, 0.3) is 0 Å². The van der Waals surface area contributed by atoms with Crippen LogP contribution in [0.1, 0.15) is 77.0 Å². The van der Waals surface area contributed by atoms with E-state index >= 15 is 0 Å². The van der Waals surface area contributed by atoms with E-state index < -0.39 is 11.9 Å². The molecular formula is C23H34O5. The molecule has 0 saturated heterocycles. The van der Waals surface area contributed by atoms with Gasteiger partial charge in [-0.25, -0.2) is 0 Å². The number of aliphatic carboxylic acids is 2. The molecule has 4 saturated carbocycles. The van der Waals surface area contributed by atoms with Crippen LogP contribution in [0.3, 0.4) is 0 Å². The number of hydrogen-bond donors (Lipinski definition) is 2. The molecule has 0 amide bonds. The summed E-state index contributed by atoms with van der Waals surface area (Å²) in [5.74, 6) is 0.844. The predicted molar refractivity (Wildman–Crippen MR) is 104 cm³/mol. The van der Waals surface area contributed by atoms with Crippen molar-refractivity contribution in [2.24, 2.45) is 46.8 Å². The maximum atomic E-state index is 12.0. The summed E-state index contributed by atoms with van der Waals surface area (Å²) in [6.45, 7) is 0. The molecule has 4 aliphatic carbocycles. The smallest absolute Gasteiger partial charge is 0.306 e. The Morgan fingerprint density at radius 3 is 2.43 bits per heavy atom. The van der Waals surface area contributed by atoms with E-state index in [9.17, 15) is 19.5 Å². The minimum absolute atomic E-state index is 0.0554. The first-order valence-corrected chi connectivity index (χ1v) is 11.4. The van der Waals surface area contributed by atoms with Crippen molar-refractivity contribution in [3.8, 4) is 0 Å². The zero-order valence-corrected chi connectivity index (χ0v) is 16.7. The number of carbonyl (C=O) groups excluding carboxylic acids is 1. The van der Waals surface area contributed by atoms with Crippen molar-refractivity contribution in [2.45, 2.75) is 77.0 Å². The summed E-state index contributed by atoms with van der Waals surface area (Å²) in [5.41, 5.74) is 0.167. The lowest BCUT2D eigenvalue weighted by Crippen LogP contribution is -2.43. The van der Waals surface area contributed by atoms with Crippen molar-refractivity contribution in [3.05, 3.63) is 0 Å². The normalized spacial score (nSPS) is 42.9. The van der Waals surface area contributed by atoms with E-state index in [0.717, 1.165) is 38.4 Å². The topological polar surface area (TPSA) is 91.7 Å². The molecule has 8 unspecified atom stereocenters. The lowest BCUT2D eigenvalue weighted by Gasteiger charge is -2.49. The summed E-state index contributed by atoms with van der Waals surface area (Å²) in [6.07, 6.45) is 12.6. The van der Waals surface area contributed by atoms with Gasteiger partial charge in [-0.1, -0.05) is 25.7 Å². The fourth-order valence-electron chi connectivity index (χ4n) is 8.23. The highest BCUT2D eigenvalue weighted by Crippen LogP contribution is 2.72. The van der Waals surface area contributed by atoms with Gasteiger partial charge in [-0.15, -0.1) is 0 Å². The average molecular weight is 391 g/mol. The maximum absolute atomic E-state index is 12.0. The van der Waals surface area contributed by atoms with E-state index in [4.69, 9.17) is 5.11 Å². The predicted octanol–water partition coefficient (Wildman–Crippen LogP) is 4.39. The van der Waals surface area contributed by atoms with Crippen LogP contribution in [0, 0.1) is 46.8 Å². The van der Waals surface area contributed by atoms with E-state index in [-0.39, 0.29) is 23.7 Å². The van der Waals surface area contributed by atoms with Gasteiger partial charge in [0.1, 0.15) is 6.29 Å². The van der Waals surface area contributed by atoms with Crippen LogP contribution in [0.4, 0.5) is 0 Å². The number of fused-ring (bicyclic) bond motifs is 5. The van der Waals surface area contributed by atoms with Crippen molar-refractivity contribution in [1.82, 2.24) is 0 Å². The van der Waals surface area contributed by atoms with E-state index in [2.05, 4.69) is 0 Å². The van der Waals surface area contributed by atoms with Crippen molar-refractivity contribution >= 4 is 18.2 Å². The Labute approximate surface area is 167 Å². The fraction of sp³-hybridized carbons (Fsp3) is 0.870. The zero-order valence-electron chi connectivity index (χ0n) is 16.7. The molecule has 5 nitrogen and oxygen atoms in total. The fourth-order valence-corrected chi connectivity index (χ4v) is 8.23. The molecule has 5 heteroatoms. The van der Waals surface area contributed by atoms with Crippen LogP contribution in [-0.2, 0) is 14.4 Å². The average Bonchev–Trinajstić information content (AvgIpc) is 3.36. The zero-order chi connectivity index (χ0) is 19.9. The second-order valence-electron chi connectivity index (χ2n) is 10.2. The summed E-state index contributed by atoms with van der Waals surface area (Å²) in [6, 6.07) is 0. The van der Waals surface area contributed by atoms with Gasteiger partial charge in [0.05, 0.1) is 5.92 Å². The number of rotatable bonds is 8. The standard InChI is InChI=1S/C23H34O5/c24-13-14(8-9-21(25)26)10-15-4-1-2-6-19(15)23-11-17(18(12-23)22(27)28)16-5-3-7-20(16)23/h13-20H,1-12H2,(H,25,26)(H,27,28). The summed E-state index contributed by atoms with van der Waals surface area (Å²) in [4.78, 5) is 34.5. The lowest BCUT2D eigenvalue weighted by atomic mass is 9.55. The Bertz CT molecular complexity index is 630. The van der Waals surface area contributed by atoms with Crippen molar-refractivity contribution in [1.29, 1.82) is 0 Å². The molecule has 4 rings (SSSR count). The van der Waals surface area contributed by atoms with Gasteiger partial charge in [-0.3, -0.25) is 9.59 Å². The SMILES string of the molecule is O=CC(CCC(=O)O)CC1CCCCC1C12CC(C(=O)O)C(C1)C1CCCC12. The van der Waals surface area contributed by atoms with E-state index in [0.29, 0.717) is 36.0 Å². The first-order chi connectivity index (χ1) is 13.5. The maximum Gasteiger partial charge on any atom is 0.306 e. The lowest BCUT2D eigenvalue weighted by molar-refractivity contribution is -0.146. The molecule has 0 heterocycles. The molecule has 0 aliphatic heterocycles. The third-order valence-corrected chi connectivity index (χ3v) is 9.08. The van der Waals surface area contributed by atoms with Crippen LogP contribution in [0.15, 0.2) is 0 Å². The first-order valence-electron chi connectivity index (χ1n) is 11.4. The first kappa shape index (κ1) is 19.9. The molecule has 156 valence electrons. The number of aldehydes is 1. The Morgan fingerprint density at radius 1 is 0.964 bits per heavy atom. The highest BCUT2D eigenvalue weighted by atomic mass is 16.4. The second-order valence-corrected chi connectivity index (χ2v) is 10.2. The van der Waals surface area contributed by atoms with E-state index in [1.165, 1.54) is 32.1 Å². The van der Waals surface area contributed by atoms with Crippen molar-refractivity contribution in [2.75, 3.05) is 0 Å². The minimum Gasteiger partial charge on any atom is -0.481 e. The summed E-state index contributed by atoms with van der Waals surface area (Å²) >= 11 is 0. The highest BCUT2D eigenvalue weighted by molar-refractivity contribution is 5.71. The van der Waals surface area contributed by atoms with Crippen molar-refractivity contribution < 1.29 is 24.6 Å². The summed E-state index contributed by atoms with van der Waals surface area (Å²) in [7, 11) is 0. The van der Waals surface area contributed by atoms with Gasteiger partial charge in [0.15, 0.2) is 0 Å². The van der Waals surface area contributed by atoms with Gasteiger partial charge < -0.3 is 15.0 Å². The summed E-state index contributed by atoms with van der Waals surface area (Å²) < 4.78 is 0. The minimum atomic E-state index is -0.835. The Hall–Kier alpha value is -1.39. The Kier molecular flexibility index (Phi) is 5.54. The van der Waals surface area contributed by atoms with Gasteiger partial charge in [0.2, 0.25) is 0 Å². The largest absolute Gasteiger partial charge is 0.481 e.